The Morgan fingerprint density at radius 3 is 2.57 bits per heavy atom. The van der Waals surface area contributed by atoms with Crippen molar-refractivity contribution in [1.82, 2.24) is 15.0 Å². The summed E-state index contributed by atoms with van der Waals surface area (Å²) in [4.78, 5) is 28.9. The normalized spacial score (nSPS) is 12.3. The monoisotopic (exact) mass is 470 g/mol. The fourth-order valence-electron chi connectivity index (χ4n) is 3.52. The van der Waals surface area contributed by atoms with E-state index in [0.717, 1.165) is 0 Å². The minimum Gasteiger partial charge on any atom is -0.481 e. The largest absolute Gasteiger partial charge is 0.481 e. The quantitative estimate of drug-likeness (QED) is 0.255. The summed E-state index contributed by atoms with van der Waals surface area (Å²) in [7, 11) is 0. The van der Waals surface area contributed by atoms with E-state index in [2.05, 4.69) is 31.1 Å². The van der Waals surface area contributed by atoms with E-state index in [4.69, 9.17) is 11.6 Å². The summed E-state index contributed by atoms with van der Waals surface area (Å²) in [6.07, 6.45) is -0.0372. The van der Waals surface area contributed by atoms with Crippen molar-refractivity contribution < 1.29 is 9.90 Å². The SMILES string of the molecule is CC(=NCc1cccc(C(C)(C)CC(=O)O)n1)C(=NN)c1cc(-c2cccc(C#N)c2)nc(N)n1. The van der Waals surface area contributed by atoms with Gasteiger partial charge < -0.3 is 16.7 Å². The Hall–Kier alpha value is -4.65. The lowest BCUT2D eigenvalue weighted by molar-refractivity contribution is -0.138. The third-order valence-electron chi connectivity index (χ3n) is 5.32. The number of nitrogen functional groups attached to an aromatic ring is 1. The van der Waals surface area contributed by atoms with Gasteiger partial charge in [-0.15, -0.1) is 0 Å². The smallest absolute Gasteiger partial charge is 0.304 e. The van der Waals surface area contributed by atoms with Gasteiger partial charge in [0.2, 0.25) is 5.95 Å². The molecule has 0 atom stereocenters. The lowest BCUT2D eigenvalue weighted by atomic mass is 9.85. The van der Waals surface area contributed by atoms with Gasteiger partial charge in [-0.1, -0.05) is 32.0 Å². The molecule has 0 saturated heterocycles. The van der Waals surface area contributed by atoms with Gasteiger partial charge in [-0.2, -0.15) is 10.4 Å². The topological polar surface area (TPSA) is 177 Å². The summed E-state index contributed by atoms with van der Waals surface area (Å²) in [5.74, 6) is 4.82. The number of aliphatic imine (C=N–C) groups is 1. The third-order valence-corrected chi connectivity index (χ3v) is 5.32. The Balaban J connectivity index is 1.88. The van der Waals surface area contributed by atoms with E-state index < -0.39 is 11.4 Å². The molecule has 10 heteroatoms. The number of benzene rings is 1. The van der Waals surface area contributed by atoms with Crippen LogP contribution in [0.2, 0.25) is 0 Å². The van der Waals surface area contributed by atoms with Gasteiger partial charge in [0.15, 0.2) is 0 Å². The number of rotatable bonds is 8. The average Bonchev–Trinajstić information content (AvgIpc) is 2.82. The van der Waals surface area contributed by atoms with Gasteiger partial charge in [-0.3, -0.25) is 14.8 Å². The lowest BCUT2D eigenvalue weighted by Crippen LogP contribution is -2.23. The van der Waals surface area contributed by atoms with Crippen LogP contribution in [0.15, 0.2) is 58.6 Å². The first-order valence-corrected chi connectivity index (χ1v) is 10.8. The maximum Gasteiger partial charge on any atom is 0.304 e. The Morgan fingerprint density at radius 2 is 1.89 bits per heavy atom. The van der Waals surface area contributed by atoms with Crippen molar-refractivity contribution in [3.8, 4) is 17.3 Å². The van der Waals surface area contributed by atoms with Crippen LogP contribution in [0.25, 0.3) is 11.3 Å². The van der Waals surface area contributed by atoms with Gasteiger partial charge in [0.1, 0.15) is 5.71 Å². The molecular weight excluding hydrogens is 444 g/mol. The van der Waals surface area contributed by atoms with Gasteiger partial charge in [-0.05, 0) is 37.3 Å². The van der Waals surface area contributed by atoms with Crippen LogP contribution in [0.5, 0.6) is 0 Å². The number of carboxylic acids is 1. The zero-order valence-electron chi connectivity index (χ0n) is 19.7. The number of nitrogens with two attached hydrogens (primary N) is 2. The van der Waals surface area contributed by atoms with Crippen LogP contribution in [-0.2, 0) is 16.8 Å². The molecule has 0 radical (unpaired) electrons. The number of nitriles is 1. The van der Waals surface area contributed by atoms with Crippen LogP contribution in [0.3, 0.4) is 0 Å². The van der Waals surface area contributed by atoms with Gasteiger partial charge in [0.05, 0.1) is 47.4 Å². The molecule has 0 aliphatic heterocycles. The van der Waals surface area contributed by atoms with Gasteiger partial charge in [-0.25, -0.2) is 9.97 Å². The molecular formula is C25H26N8O2. The van der Waals surface area contributed by atoms with Crippen LogP contribution >= 0.6 is 0 Å². The van der Waals surface area contributed by atoms with Crippen molar-refractivity contribution >= 4 is 23.3 Å². The summed E-state index contributed by atoms with van der Waals surface area (Å²) >= 11 is 0. The Morgan fingerprint density at radius 1 is 1.14 bits per heavy atom. The zero-order chi connectivity index (χ0) is 25.6. The zero-order valence-corrected chi connectivity index (χ0v) is 19.7. The molecule has 0 bridgehead atoms. The van der Waals surface area contributed by atoms with E-state index in [0.29, 0.717) is 45.3 Å². The Labute approximate surface area is 203 Å². The minimum atomic E-state index is -0.886. The minimum absolute atomic E-state index is 0.0313. The molecule has 1 aromatic carbocycles. The summed E-state index contributed by atoms with van der Waals surface area (Å²) < 4.78 is 0. The molecule has 178 valence electrons. The molecule has 10 nitrogen and oxygen atoms in total. The van der Waals surface area contributed by atoms with Crippen molar-refractivity contribution in [2.75, 3.05) is 5.73 Å². The summed E-state index contributed by atoms with van der Waals surface area (Å²) in [5, 5.41) is 22.2. The van der Waals surface area contributed by atoms with Crippen LogP contribution < -0.4 is 11.6 Å². The second-order valence-corrected chi connectivity index (χ2v) is 8.54. The highest BCUT2D eigenvalue weighted by atomic mass is 16.4. The van der Waals surface area contributed by atoms with Crippen molar-refractivity contribution in [3.05, 3.63) is 71.2 Å². The maximum atomic E-state index is 11.2. The lowest BCUT2D eigenvalue weighted by Gasteiger charge is -2.22. The number of aliphatic carboxylic acids is 1. The van der Waals surface area contributed by atoms with Crippen LogP contribution in [0, 0.1) is 11.3 Å². The number of carboxylic acid groups (broad SMARTS) is 1. The molecule has 35 heavy (non-hydrogen) atoms. The fourth-order valence-corrected chi connectivity index (χ4v) is 3.52. The predicted octanol–water partition coefficient (Wildman–Crippen LogP) is 3.07. The van der Waals surface area contributed by atoms with Crippen LogP contribution in [-0.4, -0.2) is 37.5 Å². The second-order valence-electron chi connectivity index (χ2n) is 8.54. The highest BCUT2D eigenvalue weighted by Crippen LogP contribution is 2.25. The summed E-state index contributed by atoms with van der Waals surface area (Å²) in [5.41, 5.74) is 9.62. The van der Waals surface area contributed by atoms with Crippen molar-refractivity contribution in [2.45, 2.75) is 39.2 Å². The van der Waals surface area contributed by atoms with Crippen molar-refractivity contribution in [1.29, 1.82) is 5.26 Å². The van der Waals surface area contributed by atoms with Crippen LogP contribution in [0.4, 0.5) is 5.95 Å². The first kappa shape index (κ1) is 25.0. The van der Waals surface area contributed by atoms with E-state index in [9.17, 15) is 15.2 Å². The van der Waals surface area contributed by atoms with E-state index in [1.807, 2.05) is 38.1 Å². The van der Waals surface area contributed by atoms with Crippen molar-refractivity contribution in [3.63, 3.8) is 0 Å². The summed E-state index contributed by atoms with van der Waals surface area (Å²) in [6, 6.07) is 16.2. The number of carbonyl (C=O) groups is 1. The Bertz CT molecular complexity index is 1360. The molecule has 0 fully saturated rings. The highest BCUT2D eigenvalue weighted by molar-refractivity contribution is 6.47. The maximum absolute atomic E-state index is 11.2. The van der Waals surface area contributed by atoms with Gasteiger partial charge in [0, 0.05) is 16.7 Å². The Kier molecular flexibility index (Phi) is 7.51. The second kappa shape index (κ2) is 10.5. The summed E-state index contributed by atoms with van der Waals surface area (Å²) in [6.45, 7) is 5.66. The van der Waals surface area contributed by atoms with Crippen LogP contribution in [0.1, 0.15) is 49.8 Å². The number of nitrogens with zero attached hydrogens (tertiary/aromatic N) is 6. The standard InChI is InChI=1S/C25H26N8O2/c1-15(29-14-18-8-5-9-21(30-18)25(2,3)12-22(34)35)23(33-28)20-11-19(31-24(27)32-20)17-7-4-6-16(10-17)13-26/h4-11H,12,14,28H2,1-3H3,(H,34,35)(H2,27,31,32). The number of hydrazone groups is 1. The number of aromatic nitrogens is 3. The molecule has 0 amide bonds. The number of pyridine rings is 1. The van der Waals surface area contributed by atoms with E-state index in [-0.39, 0.29) is 18.9 Å². The predicted molar refractivity (Wildman–Crippen MR) is 134 cm³/mol. The molecule has 0 aliphatic carbocycles. The molecule has 2 aromatic heterocycles. The first-order valence-electron chi connectivity index (χ1n) is 10.8. The number of hydrogen-bond acceptors (Lipinski definition) is 9. The van der Waals surface area contributed by atoms with Crippen molar-refractivity contribution in [2.24, 2.45) is 15.9 Å². The molecule has 0 aliphatic rings. The van der Waals surface area contributed by atoms with E-state index in [1.54, 1.807) is 31.2 Å². The fraction of sp³-hybridized carbons (Fsp3) is 0.240. The van der Waals surface area contributed by atoms with Gasteiger partial charge >= 0.3 is 5.97 Å². The molecule has 5 N–H and O–H groups in total. The average molecular weight is 471 g/mol. The molecule has 2 heterocycles. The van der Waals surface area contributed by atoms with E-state index in [1.165, 1.54) is 0 Å². The third kappa shape index (κ3) is 6.23. The molecule has 3 aromatic rings. The number of hydrogen-bond donors (Lipinski definition) is 3. The molecule has 0 unspecified atom stereocenters. The molecule has 3 rings (SSSR count). The highest BCUT2D eigenvalue weighted by Gasteiger charge is 2.25. The van der Waals surface area contributed by atoms with Gasteiger partial charge in [0.25, 0.3) is 0 Å². The molecule has 0 saturated carbocycles. The number of anilines is 1. The first-order chi connectivity index (χ1) is 16.6. The molecule has 0 spiro atoms. The van der Waals surface area contributed by atoms with E-state index >= 15 is 0 Å².